The Morgan fingerprint density at radius 1 is 1.44 bits per heavy atom. The van der Waals surface area contributed by atoms with Crippen molar-refractivity contribution in [1.29, 1.82) is 0 Å². The minimum Gasteiger partial charge on any atom is -0.380 e. The molecule has 1 aromatic rings. The number of aromatic nitrogens is 1. The minimum absolute atomic E-state index is 0.393. The van der Waals surface area contributed by atoms with E-state index in [1.807, 2.05) is 19.2 Å². The molecular formula is C13H22N2O. The molecule has 0 aliphatic carbocycles. The molecule has 1 aromatic heterocycles. The molecule has 3 nitrogen and oxygen atoms in total. The first-order valence-electron chi connectivity index (χ1n) is 6.06. The predicted octanol–water partition coefficient (Wildman–Crippen LogP) is 2.03. The molecule has 0 radical (unpaired) electrons. The smallest absolute Gasteiger partial charge is 0.0622 e. The molecule has 1 N–H and O–H groups in total. The lowest BCUT2D eigenvalue weighted by Gasteiger charge is -2.18. The molecule has 1 atom stereocenters. The van der Waals surface area contributed by atoms with Crippen molar-refractivity contribution >= 4 is 0 Å². The lowest BCUT2D eigenvalue weighted by atomic mass is 10.1. The number of hydrogen-bond donors (Lipinski definition) is 1. The average molecular weight is 222 g/mol. The van der Waals surface area contributed by atoms with Gasteiger partial charge in [0, 0.05) is 25.0 Å². The molecule has 16 heavy (non-hydrogen) atoms. The summed E-state index contributed by atoms with van der Waals surface area (Å²) in [5, 5.41) is 3.50. The zero-order chi connectivity index (χ0) is 11.6. The van der Waals surface area contributed by atoms with Gasteiger partial charge in [-0.05, 0) is 37.9 Å². The van der Waals surface area contributed by atoms with Crippen LogP contribution in [0.5, 0.6) is 0 Å². The fourth-order valence-corrected chi connectivity index (χ4v) is 1.60. The summed E-state index contributed by atoms with van der Waals surface area (Å²) in [5.74, 6) is 0. The lowest BCUT2D eigenvalue weighted by molar-refractivity contribution is 0.122. The van der Waals surface area contributed by atoms with Crippen LogP contribution in [-0.4, -0.2) is 30.8 Å². The van der Waals surface area contributed by atoms with Gasteiger partial charge in [-0.2, -0.15) is 0 Å². The Balaban J connectivity index is 2.42. The van der Waals surface area contributed by atoms with Crippen LogP contribution in [0.15, 0.2) is 24.5 Å². The predicted molar refractivity (Wildman–Crippen MR) is 66.5 cm³/mol. The fourth-order valence-electron chi connectivity index (χ4n) is 1.60. The molecule has 3 heteroatoms. The first-order chi connectivity index (χ1) is 7.86. The summed E-state index contributed by atoms with van der Waals surface area (Å²) in [6.07, 6.45) is 5.86. The van der Waals surface area contributed by atoms with E-state index in [2.05, 4.69) is 23.3 Å². The highest BCUT2D eigenvalue weighted by atomic mass is 16.5. The van der Waals surface area contributed by atoms with Crippen LogP contribution in [0.25, 0.3) is 0 Å². The summed E-state index contributed by atoms with van der Waals surface area (Å²) in [5.41, 5.74) is 1.26. The number of hydrogen-bond acceptors (Lipinski definition) is 3. The van der Waals surface area contributed by atoms with Gasteiger partial charge in [0.2, 0.25) is 0 Å². The molecule has 90 valence electrons. The van der Waals surface area contributed by atoms with Crippen molar-refractivity contribution in [3.8, 4) is 0 Å². The number of rotatable bonds is 8. The van der Waals surface area contributed by atoms with Crippen LogP contribution < -0.4 is 5.32 Å². The molecule has 0 bridgehead atoms. The SMILES string of the molecule is CCCNC(COCC)Cc1cccnc1. The van der Waals surface area contributed by atoms with Crippen molar-refractivity contribution < 1.29 is 4.74 Å². The van der Waals surface area contributed by atoms with Gasteiger partial charge >= 0.3 is 0 Å². The monoisotopic (exact) mass is 222 g/mol. The summed E-state index contributed by atoms with van der Waals surface area (Å²) in [6.45, 7) is 6.79. The Morgan fingerprint density at radius 3 is 2.94 bits per heavy atom. The van der Waals surface area contributed by atoms with Gasteiger partial charge < -0.3 is 10.1 Å². The minimum atomic E-state index is 0.393. The van der Waals surface area contributed by atoms with Crippen molar-refractivity contribution in [2.75, 3.05) is 19.8 Å². The molecule has 0 aliphatic rings. The van der Waals surface area contributed by atoms with Gasteiger partial charge in [-0.1, -0.05) is 13.0 Å². The van der Waals surface area contributed by atoms with E-state index in [0.29, 0.717) is 6.04 Å². The van der Waals surface area contributed by atoms with E-state index < -0.39 is 0 Å². The first-order valence-corrected chi connectivity index (χ1v) is 6.06. The van der Waals surface area contributed by atoms with E-state index >= 15 is 0 Å². The zero-order valence-electron chi connectivity index (χ0n) is 10.3. The van der Waals surface area contributed by atoms with E-state index in [1.54, 1.807) is 6.20 Å². The van der Waals surface area contributed by atoms with Crippen molar-refractivity contribution in [1.82, 2.24) is 10.3 Å². The third-order valence-corrected chi connectivity index (χ3v) is 2.41. The summed E-state index contributed by atoms with van der Waals surface area (Å²) < 4.78 is 5.48. The molecule has 0 aliphatic heterocycles. The van der Waals surface area contributed by atoms with Crippen LogP contribution in [0.4, 0.5) is 0 Å². The largest absolute Gasteiger partial charge is 0.380 e. The summed E-state index contributed by atoms with van der Waals surface area (Å²) >= 11 is 0. The second kappa shape index (κ2) is 8.25. The maximum Gasteiger partial charge on any atom is 0.0622 e. The summed E-state index contributed by atoms with van der Waals surface area (Å²) in [6, 6.07) is 4.48. The van der Waals surface area contributed by atoms with E-state index in [4.69, 9.17) is 4.74 Å². The van der Waals surface area contributed by atoms with E-state index in [9.17, 15) is 0 Å². The molecule has 0 spiro atoms. The van der Waals surface area contributed by atoms with Gasteiger partial charge in [-0.15, -0.1) is 0 Å². The van der Waals surface area contributed by atoms with Crippen molar-refractivity contribution in [3.05, 3.63) is 30.1 Å². The fraction of sp³-hybridized carbons (Fsp3) is 0.615. The molecule has 0 amide bonds. The highest BCUT2D eigenvalue weighted by molar-refractivity contribution is 5.10. The second-order valence-electron chi connectivity index (χ2n) is 3.88. The van der Waals surface area contributed by atoms with Gasteiger partial charge in [0.15, 0.2) is 0 Å². The van der Waals surface area contributed by atoms with Gasteiger partial charge in [0.05, 0.1) is 6.61 Å². The van der Waals surface area contributed by atoms with E-state index in [-0.39, 0.29) is 0 Å². The second-order valence-corrected chi connectivity index (χ2v) is 3.88. The van der Waals surface area contributed by atoms with Crippen LogP contribution in [0.3, 0.4) is 0 Å². The highest BCUT2D eigenvalue weighted by Gasteiger charge is 2.08. The van der Waals surface area contributed by atoms with E-state index in [1.165, 1.54) is 5.56 Å². The van der Waals surface area contributed by atoms with Crippen LogP contribution in [-0.2, 0) is 11.2 Å². The normalized spacial score (nSPS) is 12.6. The first kappa shape index (κ1) is 13.1. The van der Waals surface area contributed by atoms with Crippen molar-refractivity contribution in [3.63, 3.8) is 0 Å². The van der Waals surface area contributed by atoms with Gasteiger partial charge in [-0.25, -0.2) is 0 Å². The molecule has 1 unspecified atom stereocenters. The number of nitrogens with zero attached hydrogens (tertiary/aromatic N) is 1. The summed E-state index contributed by atoms with van der Waals surface area (Å²) in [4.78, 5) is 4.13. The Bertz CT molecular complexity index is 256. The topological polar surface area (TPSA) is 34.1 Å². The third-order valence-electron chi connectivity index (χ3n) is 2.41. The summed E-state index contributed by atoms with van der Waals surface area (Å²) in [7, 11) is 0. The third kappa shape index (κ3) is 5.24. The maximum atomic E-state index is 5.48. The molecule has 0 aromatic carbocycles. The molecule has 0 fully saturated rings. The molecule has 0 saturated heterocycles. The van der Waals surface area contributed by atoms with Crippen molar-refractivity contribution in [2.45, 2.75) is 32.7 Å². The van der Waals surface area contributed by atoms with Crippen LogP contribution in [0.2, 0.25) is 0 Å². The van der Waals surface area contributed by atoms with Crippen molar-refractivity contribution in [2.24, 2.45) is 0 Å². The Kier molecular flexibility index (Phi) is 6.77. The average Bonchev–Trinajstić information content (AvgIpc) is 2.34. The van der Waals surface area contributed by atoms with Crippen LogP contribution in [0, 0.1) is 0 Å². The molecule has 1 heterocycles. The highest BCUT2D eigenvalue weighted by Crippen LogP contribution is 2.02. The lowest BCUT2D eigenvalue weighted by Crippen LogP contribution is -2.36. The van der Waals surface area contributed by atoms with Gasteiger partial charge in [0.1, 0.15) is 0 Å². The van der Waals surface area contributed by atoms with Gasteiger partial charge in [0.25, 0.3) is 0 Å². The molecule has 1 rings (SSSR count). The number of pyridine rings is 1. The molecular weight excluding hydrogens is 200 g/mol. The van der Waals surface area contributed by atoms with Crippen LogP contribution in [0.1, 0.15) is 25.8 Å². The standard InChI is InChI=1S/C13H22N2O/c1-3-7-15-13(11-16-4-2)9-12-6-5-8-14-10-12/h5-6,8,10,13,15H,3-4,7,9,11H2,1-2H3. The Labute approximate surface area is 98.2 Å². The maximum absolute atomic E-state index is 5.48. The number of nitrogens with one attached hydrogen (secondary N) is 1. The Hall–Kier alpha value is -0.930. The quantitative estimate of drug-likeness (QED) is 0.731. The Morgan fingerprint density at radius 2 is 2.31 bits per heavy atom. The van der Waals surface area contributed by atoms with E-state index in [0.717, 1.165) is 32.6 Å². The molecule has 0 saturated carbocycles. The zero-order valence-corrected chi connectivity index (χ0v) is 10.3. The number of ether oxygens (including phenoxy) is 1. The van der Waals surface area contributed by atoms with Gasteiger partial charge in [-0.3, -0.25) is 4.98 Å². The van der Waals surface area contributed by atoms with Crippen LogP contribution >= 0.6 is 0 Å².